The molecular weight excluding hydrogens is 348 g/mol. The molecule has 0 spiro atoms. The number of nitrogens with one attached hydrogen (secondary N) is 3. The molecule has 0 saturated heterocycles. The number of nitro groups is 1. The van der Waals surface area contributed by atoms with Crippen molar-refractivity contribution in [3.05, 3.63) is 81.0 Å². The van der Waals surface area contributed by atoms with Crippen LogP contribution in [-0.2, 0) is 4.79 Å². The first kappa shape index (κ1) is 18.1. The van der Waals surface area contributed by atoms with Crippen LogP contribution < -0.4 is 16.0 Å². The number of aryl methyl sites for hydroxylation is 1. The molecular formula is C19H18N4O4. The van der Waals surface area contributed by atoms with Gasteiger partial charge in [0.2, 0.25) is 0 Å². The molecule has 2 aromatic rings. The van der Waals surface area contributed by atoms with Crippen molar-refractivity contribution >= 4 is 23.3 Å². The number of hydrogen-bond acceptors (Lipinski definition) is 4. The van der Waals surface area contributed by atoms with Gasteiger partial charge >= 0.3 is 6.03 Å². The summed E-state index contributed by atoms with van der Waals surface area (Å²) in [5.41, 5.74) is 2.71. The lowest BCUT2D eigenvalue weighted by Gasteiger charge is -2.28. The maximum Gasteiger partial charge on any atom is 0.319 e. The number of allylic oxidation sites excluding steroid dienone is 1. The zero-order valence-electron chi connectivity index (χ0n) is 14.8. The van der Waals surface area contributed by atoms with Gasteiger partial charge in [0.15, 0.2) is 0 Å². The summed E-state index contributed by atoms with van der Waals surface area (Å²) in [4.78, 5) is 35.2. The van der Waals surface area contributed by atoms with E-state index in [1.807, 2.05) is 31.2 Å². The summed E-state index contributed by atoms with van der Waals surface area (Å²) in [6.45, 7) is 3.57. The van der Waals surface area contributed by atoms with Crippen molar-refractivity contribution in [3.8, 4) is 0 Å². The Labute approximate surface area is 155 Å². The van der Waals surface area contributed by atoms with Crippen LogP contribution in [0.4, 0.5) is 16.2 Å². The second-order valence-corrected chi connectivity index (χ2v) is 6.25. The Bertz CT molecular complexity index is 968. The highest BCUT2D eigenvalue weighted by molar-refractivity contribution is 6.06. The van der Waals surface area contributed by atoms with Gasteiger partial charge in [-0.15, -0.1) is 0 Å². The number of anilines is 1. The van der Waals surface area contributed by atoms with Crippen LogP contribution in [0.3, 0.4) is 0 Å². The van der Waals surface area contributed by atoms with E-state index in [1.165, 1.54) is 18.2 Å². The van der Waals surface area contributed by atoms with Gasteiger partial charge in [-0.3, -0.25) is 14.9 Å². The molecule has 8 heteroatoms. The van der Waals surface area contributed by atoms with Gasteiger partial charge in [0.1, 0.15) is 0 Å². The molecule has 0 bridgehead atoms. The molecule has 8 nitrogen and oxygen atoms in total. The molecule has 0 aromatic heterocycles. The largest absolute Gasteiger partial charge is 0.327 e. The minimum absolute atomic E-state index is 0.121. The number of carbonyl (C=O) groups excluding carboxylic acids is 2. The first-order valence-corrected chi connectivity index (χ1v) is 8.26. The molecule has 1 heterocycles. The molecule has 138 valence electrons. The fraction of sp³-hybridized carbons (Fsp3) is 0.158. The summed E-state index contributed by atoms with van der Waals surface area (Å²) in [5.74, 6) is -0.452. The second kappa shape index (κ2) is 7.28. The molecule has 0 saturated carbocycles. The molecule has 1 aliphatic heterocycles. The third-order valence-corrected chi connectivity index (χ3v) is 4.20. The molecule has 0 radical (unpaired) electrons. The van der Waals surface area contributed by atoms with Gasteiger partial charge < -0.3 is 16.0 Å². The SMILES string of the molecule is CC1=C(C(=O)Nc2cccc([N+](=O)[O-])c2)[C@H](c2cccc(C)c2)NC(=O)N1. The fourth-order valence-electron chi connectivity index (χ4n) is 2.99. The number of non-ortho nitro benzene ring substituents is 1. The summed E-state index contributed by atoms with van der Waals surface area (Å²) in [6.07, 6.45) is 0. The van der Waals surface area contributed by atoms with Crippen molar-refractivity contribution in [1.29, 1.82) is 0 Å². The maximum atomic E-state index is 12.9. The number of amides is 3. The lowest BCUT2D eigenvalue weighted by Crippen LogP contribution is -2.46. The number of hydrogen-bond donors (Lipinski definition) is 3. The normalized spacial score (nSPS) is 16.4. The topological polar surface area (TPSA) is 113 Å². The molecule has 3 N–H and O–H groups in total. The number of rotatable bonds is 4. The van der Waals surface area contributed by atoms with Gasteiger partial charge in [-0.05, 0) is 25.5 Å². The highest BCUT2D eigenvalue weighted by Gasteiger charge is 2.31. The van der Waals surface area contributed by atoms with E-state index in [0.29, 0.717) is 17.0 Å². The van der Waals surface area contributed by atoms with Crippen molar-refractivity contribution < 1.29 is 14.5 Å². The summed E-state index contributed by atoms with van der Waals surface area (Å²) >= 11 is 0. The second-order valence-electron chi connectivity index (χ2n) is 6.25. The summed E-state index contributed by atoms with van der Waals surface area (Å²) < 4.78 is 0. The van der Waals surface area contributed by atoms with Gasteiger partial charge in [0.05, 0.1) is 16.5 Å². The first-order valence-electron chi connectivity index (χ1n) is 8.26. The zero-order chi connectivity index (χ0) is 19.6. The summed E-state index contributed by atoms with van der Waals surface area (Å²) in [5, 5.41) is 19.0. The minimum atomic E-state index is -0.627. The monoisotopic (exact) mass is 366 g/mol. The van der Waals surface area contributed by atoms with E-state index in [0.717, 1.165) is 11.1 Å². The van der Waals surface area contributed by atoms with Crippen LogP contribution in [0.25, 0.3) is 0 Å². The quantitative estimate of drug-likeness (QED) is 0.570. The Kier molecular flexibility index (Phi) is 4.89. The van der Waals surface area contributed by atoms with E-state index in [9.17, 15) is 19.7 Å². The van der Waals surface area contributed by atoms with Crippen LogP contribution in [0.15, 0.2) is 59.8 Å². The third kappa shape index (κ3) is 3.95. The molecule has 0 aliphatic carbocycles. The number of nitrogens with zero attached hydrogens (tertiary/aromatic N) is 1. The van der Waals surface area contributed by atoms with Crippen LogP contribution in [0.2, 0.25) is 0 Å². The van der Waals surface area contributed by atoms with Crippen molar-refractivity contribution in [2.24, 2.45) is 0 Å². The highest BCUT2D eigenvalue weighted by Crippen LogP contribution is 2.28. The predicted molar refractivity (Wildman–Crippen MR) is 100 cm³/mol. The van der Waals surface area contributed by atoms with Crippen LogP contribution >= 0.6 is 0 Å². The van der Waals surface area contributed by atoms with Crippen molar-refractivity contribution in [2.45, 2.75) is 19.9 Å². The third-order valence-electron chi connectivity index (χ3n) is 4.20. The standard InChI is InChI=1S/C19H18N4O4/c1-11-5-3-6-13(9-11)17-16(12(2)20-19(25)22-17)18(24)21-14-7-4-8-15(10-14)23(26)27/h3-10,17H,1-2H3,(H,21,24)(H2,20,22,25)/t17-/m0/s1. The molecule has 3 amide bonds. The summed E-state index contributed by atoms with van der Waals surface area (Å²) in [7, 11) is 0. The van der Waals surface area contributed by atoms with Gasteiger partial charge in [0.25, 0.3) is 11.6 Å². The lowest BCUT2D eigenvalue weighted by atomic mass is 9.94. The average molecular weight is 366 g/mol. The Morgan fingerprint density at radius 1 is 1.15 bits per heavy atom. The van der Waals surface area contributed by atoms with Crippen LogP contribution in [0.1, 0.15) is 24.1 Å². The fourth-order valence-corrected chi connectivity index (χ4v) is 2.99. The Morgan fingerprint density at radius 2 is 1.89 bits per heavy atom. The molecule has 0 fully saturated rings. The van der Waals surface area contributed by atoms with E-state index >= 15 is 0 Å². The Morgan fingerprint density at radius 3 is 2.59 bits per heavy atom. The molecule has 1 aliphatic rings. The number of urea groups is 1. The minimum Gasteiger partial charge on any atom is -0.327 e. The molecule has 0 unspecified atom stereocenters. The Hall–Kier alpha value is -3.68. The van der Waals surface area contributed by atoms with E-state index in [-0.39, 0.29) is 5.69 Å². The smallest absolute Gasteiger partial charge is 0.319 e. The number of benzene rings is 2. The number of nitro benzene ring substituents is 1. The average Bonchev–Trinajstić information content (AvgIpc) is 2.61. The van der Waals surface area contributed by atoms with Gasteiger partial charge in [0, 0.05) is 23.5 Å². The maximum absolute atomic E-state index is 12.9. The van der Waals surface area contributed by atoms with Gasteiger partial charge in [-0.2, -0.15) is 0 Å². The van der Waals surface area contributed by atoms with Crippen LogP contribution in [-0.4, -0.2) is 16.9 Å². The summed E-state index contributed by atoms with van der Waals surface area (Å²) in [6, 6.07) is 12.2. The van der Waals surface area contributed by atoms with Gasteiger partial charge in [-0.25, -0.2) is 4.79 Å². The highest BCUT2D eigenvalue weighted by atomic mass is 16.6. The lowest BCUT2D eigenvalue weighted by molar-refractivity contribution is -0.384. The molecule has 27 heavy (non-hydrogen) atoms. The first-order chi connectivity index (χ1) is 12.8. The van der Waals surface area contributed by atoms with Crippen molar-refractivity contribution in [3.63, 3.8) is 0 Å². The van der Waals surface area contributed by atoms with Crippen LogP contribution in [0.5, 0.6) is 0 Å². The molecule has 1 atom stereocenters. The van der Waals surface area contributed by atoms with E-state index in [4.69, 9.17) is 0 Å². The van der Waals surface area contributed by atoms with E-state index < -0.39 is 22.9 Å². The molecule has 2 aromatic carbocycles. The predicted octanol–water partition coefficient (Wildman–Crippen LogP) is 3.17. The Balaban J connectivity index is 1.94. The zero-order valence-corrected chi connectivity index (χ0v) is 14.8. The van der Waals surface area contributed by atoms with Crippen molar-refractivity contribution in [1.82, 2.24) is 10.6 Å². The number of carbonyl (C=O) groups is 2. The van der Waals surface area contributed by atoms with Crippen molar-refractivity contribution in [2.75, 3.05) is 5.32 Å². The van der Waals surface area contributed by atoms with Crippen LogP contribution in [0, 0.1) is 17.0 Å². The molecule has 3 rings (SSSR count). The van der Waals surface area contributed by atoms with E-state index in [1.54, 1.807) is 13.0 Å². The van der Waals surface area contributed by atoms with Gasteiger partial charge in [-0.1, -0.05) is 35.9 Å². The van der Waals surface area contributed by atoms with E-state index in [2.05, 4.69) is 16.0 Å².